The van der Waals surface area contributed by atoms with E-state index in [1.165, 1.54) is 54.3 Å². The summed E-state index contributed by atoms with van der Waals surface area (Å²) in [6.45, 7) is 15.3. The van der Waals surface area contributed by atoms with Crippen LogP contribution in [0, 0.1) is 0 Å². The maximum absolute atomic E-state index is 6.39. The minimum absolute atomic E-state index is 0.578. The second kappa shape index (κ2) is 14.0. The van der Waals surface area contributed by atoms with Gasteiger partial charge in [-0.1, -0.05) is 70.6 Å². The molecule has 2 aliphatic rings. The molecule has 5 nitrogen and oxygen atoms in total. The monoisotopic (exact) mass is 512 g/mol. The first-order chi connectivity index (χ1) is 18.7. The van der Waals surface area contributed by atoms with Crippen molar-refractivity contribution in [3.05, 3.63) is 59.8 Å². The molecule has 0 amide bonds. The van der Waals surface area contributed by atoms with E-state index in [0.717, 1.165) is 56.0 Å². The molecule has 1 atom stereocenters. The number of rotatable bonds is 9. The van der Waals surface area contributed by atoms with E-state index >= 15 is 0 Å². The Kier molecular flexibility index (Phi) is 10.5. The van der Waals surface area contributed by atoms with Crippen LogP contribution in [0.4, 0.5) is 5.69 Å². The number of fused-ring (bicyclic) bond motifs is 3. The van der Waals surface area contributed by atoms with Gasteiger partial charge < -0.3 is 9.64 Å². The third-order valence-corrected chi connectivity index (χ3v) is 7.91. The number of benzene rings is 2. The first kappa shape index (κ1) is 28.4. The van der Waals surface area contributed by atoms with Crippen molar-refractivity contribution in [3.63, 3.8) is 0 Å². The second-order valence-electron chi connectivity index (χ2n) is 10.4. The Hall–Kier alpha value is -2.57. The summed E-state index contributed by atoms with van der Waals surface area (Å²) < 4.78 is 6.39. The van der Waals surface area contributed by atoms with Crippen molar-refractivity contribution in [2.75, 3.05) is 37.8 Å². The molecule has 1 fully saturated rings. The summed E-state index contributed by atoms with van der Waals surface area (Å²) in [4.78, 5) is 12.3. The largest absolute Gasteiger partial charge is 0.475 e. The van der Waals surface area contributed by atoms with Gasteiger partial charge in [-0.15, -0.1) is 0 Å². The number of nitrogens with zero attached hydrogens (tertiary/aromatic N) is 4. The maximum Gasteiger partial charge on any atom is 0.152 e. The van der Waals surface area contributed by atoms with Gasteiger partial charge >= 0.3 is 0 Å². The van der Waals surface area contributed by atoms with Crippen molar-refractivity contribution in [1.82, 2.24) is 14.8 Å². The van der Waals surface area contributed by atoms with Gasteiger partial charge in [0, 0.05) is 68.1 Å². The molecule has 38 heavy (non-hydrogen) atoms. The molecule has 2 aromatic carbocycles. The molecule has 202 valence electrons. The standard InChI is InChI=1S/C30H39BN4O.C2H6/c1-3-5-6-8-26(4-2)35-21-24-19-23(28-9-7-14-32-29(28)30(24)36-22-35)20-33-15-17-34(18-16-33)27-12-10-25(31)11-13-27;1-2/h7,9-14,19,26H,3-6,8,15-18,20-22H2,1-2H3;1-2H3. The average molecular weight is 513 g/mol. The van der Waals surface area contributed by atoms with Crippen LogP contribution in [-0.4, -0.2) is 61.6 Å². The van der Waals surface area contributed by atoms with Gasteiger partial charge in [-0.25, -0.2) is 0 Å². The number of hydrogen-bond donors (Lipinski definition) is 0. The Morgan fingerprint density at radius 1 is 1.00 bits per heavy atom. The van der Waals surface area contributed by atoms with Crippen molar-refractivity contribution in [2.45, 2.75) is 78.9 Å². The summed E-state index contributed by atoms with van der Waals surface area (Å²) in [6, 6.07) is 15.5. The van der Waals surface area contributed by atoms with Crippen molar-refractivity contribution in [1.29, 1.82) is 0 Å². The van der Waals surface area contributed by atoms with Gasteiger partial charge in [-0.3, -0.25) is 14.8 Å². The van der Waals surface area contributed by atoms with Gasteiger partial charge in [0.25, 0.3) is 0 Å². The van der Waals surface area contributed by atoms with Crippen LogP contribution in [0.15, 0.2) is 48.7 Å². The van der Waals surface area contributed by atoms with E-state index in [1.54, 1.807) is 0 Å². The van der Waals surface area contributed by atoms with Crippen molar-refractivity contribution < 1.29 is 4.74 Å². The molecule has 3 heterocycles. The molecule has 0 saturated carbocycles. The molecule has 0 bridgehead atoms. The highest BCUT2D eigenvalue weighted by Crippen LogP contribution is 2.36. The van der Waals surface area contributed by atoms with Crippen LogP contribution in [0.3, 0.4) is 0 Å². The predicted molar refractivity (Wildman–Crippen MR) is 162 cm³/mol. The second-order valence-corrected chi connectivity index (χ2v) is 10.4. The molecule has 0 spiro atoms. The molecule has 5 rings (SSSR count). The lowest BCUT2D eigenvalue weighted by molar-refractivity contribution is 0.0503. The Labute approximate surface area is 231 Å². The molecule has 2 aliphatic heterocycles. The first-order valence-electron chi connectivity index (χ1n) is 14.8. The van der Waals surface area contributed by atoms with Crippen LogP contribution in [0.2, 0.25) is 0 Å². The number of ether oxygens (including phenoxy) is 1. The SMILES string of the molecule is CC.[B]c1ccc(N2CCN(Cc3cc4c(c5ncccc35)OCN(C(CC)CCCCC)C4)CC2)cc1. The highest BCUT2D eigenvalue weighted by molar-refractivity contribution is 6.32. The van der Waals surface area contributed by atoms with Crippen LogP contribution in [0.5, 0.6) is 5.75 Å². The van der Waals surface area contributed by atoms with Gasteiger partial charge in [-0.2, -0.15) is 0 Å². The van der Waals surface area contributed by atoms with E-state index in [2.05, 4.69) is 52.8 Å². The fourth-order valence-electron chi connectivity index (χ4n) is 5.77. The van der Waals surface area contributed by atoms with Crippen molar-refractivity contribution in [3.8, 4) is 5.75 Å². The smallest absolute Gasteiger partial charge is 0.152 e. The molecular weight excluding hydrogens is 467 g/mol. The summed E-state index contributed by atoms with van der Waals surface area (Å²) in [5.41, 5.74) is 5.75. The van der Waals surface area contributed by atoms with E-state index < -0.39 is 0 Å². The molecule has 0 N–H and O–H groups in total. The van der Waals surface area contributed by atoms with Crippen LogP contribution >= 0.6 is 0 Å². The number of hydrogen-bond acceptors (Lipinski definition) is 5. The number of unbranched alkanes of at least 4 members (excludes halogenated alkanes) is 2. The molecule has 1 saturated heterocycles. The van der Waals surface area contributed by atoms with Crippen LogP contribution < -0.4 is 15.1 Å². The van der Waals surface area contributed by atoms with E-state index in [9.17, 15) is 0 Å². The van der Waals surface area contributed by atoms with Gasteiger partial charge in [-0.05, 0) is 42.7 Å². The zero-order valence-corrected chi connectivity index (χ0v) is 24.0. The molecule has 1 unspecified atom stereocenters. The highest BCUT2D eigenvalue weighted by atomic mass is 16.5. The van der Waals surface area contributed by atoms with Gasteiger partial charge in [0.1, 0.15) is 20.1 Å². The molecule has 0 aliphatic carbocycles. The number of piperazine rings is 1. The zero-order chi connectivity index (χ0) is 26.9. The lowest BCUT2D eigenvalue weighted by Crippen LogP contribution is -2.46. The molecule has 1 aromatic heterocycles. The summed E-state index contributed by atoms with van der Waals surface area (Å²) in [6.07, 6.45) is 8.19. The summed E-state index contributed by atoms with van der Waals surface area (Å²) >= 11 is 0. The maximum atomic E-state index is 6.39. The fourth-order valence-corrected chi connectivity index (χ4v) is 5.77. The molecule has 2 radical (unpaired) electrons. The number of anilines is 1. The minimum atomic E-state index is 0.578. The van der Waals surface area contributed by atoms with Crippen LogP contribution in [0.25, 0.3) is 10.9 Å². The molecular formula is C32H45BN4O. The van der Waals surface area contributed by atoms with E-state index in [-0.39, 0.29) is 0 Å². The highest BCUT2D eigenvalue weighted by Gasteiger charge is 2.27. The summed E-state index contributed by atoms with van der Waals surface area (Å²) in [7, 11) is 5.87. The minimum Gasteiger partial charge on any atom is -0.475 e. The quantitative estimate of drug-likeness (QED) is 0.264. The Morgan fingerprint density at radius 2 is 1.76 bits per heavy atom. The van der Waals surface area contributed by atoms with Gasteiger partial charge in [0.15, 0.2) is 5.75 Å². The third kappa shape index (κ3) is 6.70. The Morgan fingerprint density at radius 3 is 2.47 bits per heavy atom. The third-order valence-electron chi connectivity index (χ3n) is 7.91. The predicted octanol–water partition coefficient (Wildman–Crippen LogP) is 5.89. The Bertz CT molecular complexity index is 1140. The van der Waals surface area contributed by atoms with E-state index in [1.807, 2.05) is 38.2 Å². The lowest BCUT2D eigenvalue weighted by Gasteiger charge is -2.37. The van der Waals surface area contributed by atoms with Gasteiger partial charge in [0.05, 0.1) is 0 Å². The van der Waals surface area contributed by atoms with Crippen LogP contribution in [-0.2, 0) is 13.1 Å². The zero-order valence-electron chi connectivity index (χ0n) is 24.0. The summed E-state index contributed by atoms with van der Waals surface area (Å²) in [5.74, 6) is 0.988. The van der Waals surface area contributed by atoms with Crippen molar-refractivity contribution in [2.24, 2.45) is 0 Å². The normalized spacial score (nSPS) is 16.9. The van der Waals surface area contributed by atoms with E-state index in [0.29, 0.717) is 12.8 Å². The van der Waals surface area contributed by atoms with Crippen molar-refractivity contribution >= 4 is 29.9 Å². The summed E-state index contributed by atoms with van der Waals surface area (Å²) in [5, 5.41) is 1.22. The average Bonchev–Trinajstić information content (AvgIpc) is 2.97. The van der Waals surface area contributed by atoms with E-state index in [4.69, 9.17) is 17.6 Å². The number of aromatic nitrogens is 1. The Balaban J connectivity index is 0.00000164. The first-order valence-corrected chi connectivity index (χ1v) is 14.8. The fraction of sp³-hybridized carbons (Fsp3) is 0.531. The van der Waals surface area contributed by atoms with Gasteiger partial charge in [0.2, 0.25) is 0 Å². The topological polar surface area (TPSA) is 31.8 Å². The molecule has 3 aromatic rings. The van der Waals surface area contributed by atoms with Crippen LogP contribution in [0.1, 0.15) is 70.9 Å². The lowest BCUT2D eigenvalue weighted by atomic mass is 9.96. The number of pyridine rings is 1. The molecule has 6 heteroatoms.